The van der Waals surface area contributed by atoms with Gasteiger partial charge in [-0.2, -0.15) is 15.1 Å². The van der Waals surface area contributed by atoms with E-state index in [1.54, 1.807) is 31.3 Å². The summed E-state index contributed by atoms with van der Waals surface area (Å²) in [5.74, 6) is 0.858. The molecule has 1 fully saturated rings. The minimum absolute atomic E-state index is 0.0775. The Labute approximate surface area is 194 Å². The number of alkyl halides is 2. The molecule has 2 aromatic heterocycles. The Kier molecular flexibility index (Phi) is 6.85. The number of likely N-dealkylation sites (tertiary alicyclic amines) is 1. The van der Waals surface area contributed by atoms with Crippen molar-refractivity contribution in [3.8, 4) is 17.0 Å². The Morgan fingerprint density at radius 1 is 1.35 bits per heavy atom. The molecule has 0 bridgehead atoms. The van der Waals surface area contributed by atoms with Gasteiger partial charge in [0.05, 0.1) is 24.7 Å². The summed E-state index contributed by atoms with van der Waals surface area (Å²) in [7, 11) is 1.52. The maximum Gasteiger partial charge on any atom is 0.255 e. The molecule has 0 atom stereocenters. The fourth-order valence-electron chi connectivity index (χ4n) is 4.09. The first-order valence-corrected chi connectivity index (χ1v) is 10.9. The van der Waals surface area contributed by atoms with Crippen molar-refractivity contribution in [3.05, 3.63) is 24.4 Å². The number of fused-ring (bicyclic) bond motifs is 1. The van der Waals surface area contributed by atoms with Gasteiger partial charge in [0.25, 0.3) is 6.43 Å². The number of ether oxygens (including phenoxy) is 1. The van der Waals surface area contributed by atoms with Crippen molar-refractivity contribution in [1.82, 2.24) is 19.9 Å². The summed E-state index contributed by atoms with van der Waals surface area (Å²) in [6.45, 7) is 2.39. The van der Waals surface area contributed by atoms with E-state index in [-0.39, 0.29) is 17.6 Å². The van der Waals surface area contributed by atoms with Crippen LogP contribution in [-0.2, 0) is 4.79 Å². The molecule has 10 nitrogen and oxygen atoms in total. The van der Waals surface area contributed by atoms with Gasteiger partial charge < -0.3 is 25.3 Å². The van der Waals surface area contributed by atoms with Gasteiger partial charge in [-0.3, -0.25) is 4.79 Å². The Morgan fingerprint density at radius 2 is 2.12 bits per heavy atom. The van der Waals surface area contributed by atoms with Crippen LogP contribution >= 0.6 is 0 Å². The monoisotopic (exact) mass is 472 g/mol. The van der Waals surface area contributed by atoms with E-state index in [9.17, 15) is 13.6 Å². The smallest absolute Gasteiger partial charge is 0.255 e. The van der Waals surface area contributed by atoms with Crippen LogP contribution < -0.4 is 15.4 Å². The molecule has 0 radical (unpaired) electrons. The average molecular weight is 473 g/mol. The van der Waals surface area contributed by atoms with Crippen molar-refractivity contribution in [3.63, 3.8) is 0 Å². The van der Waals surface area contributed by atoms with E-state index in [4.69, 9.17) is 10.3 Å². The van der Waals surface area contributed by atoms with Gasteiger partial charge in [0.2, 0.25) is 17.7 Å². The van der Waals surface area contributed by atoms with E-state index in [2.05, 4.69) is 30.7 Å². The third-order valence-corrected chi connectivity index (χ3v) is 5.84. The summed E-state index contributed by atoms with van der Waals surface area (Å²) >= 11 is 0. The second-order valence-electron chi connectivity index (χ2n) is 8.02. The lowest BCUT2D eigenvalue weighted by Crippen LogP contribution is -2.41. The zero-order valence-corrected chi connectivity index (χ0v) is 18.9. The summed E-state index contributed by atoms with van der Waals surface area (Å²) < 4.78 is 30.9. The average Bonchev–Trinajstić information content (AvgIpc) is 3.26. The number of halogens is 2. The first-order valence-electron chi connectivity index (χ1n) is 10.9. The number of carbonyl (C=O) groups excluding carboxylic acids is 1. The number of rotatable bonds is 8. The fourth-order valence-corrected chi connectivity index (χ4v) is 4.09. The molecule has 1 aliphatic rings. The van der Waals surface area contributed by atoms with Gasteiger partial charge in [-0.1, -0.05) is 6.07 Å². The van der Waals surface area contributed by atoms with Gasteiger partial charge in [0.15, 0.2) is 0 Å². The Bertz CT molecular complexity index is 1190. The molecule has 1 saturated heterocycles. The van der Waals surface area contributed by atoms with Crippen LogP contribution in [0.5, 0.6) is 5.88 Å². The van der Waals surface area contributed by atoms with Crippen LogP contribution in [0.1, 0.15) is 19.8 Å². The number of aromatic nitrogens is 3. The molecule has 0 spiro atoms. The SMILES string of the molecule is COc1nc(NC2CCN(C(C)=O)CC2)nc2[nH]cc(-c3ccc(N=N)c(NCC(F)F)c3)c12. The number of piperidine rings is 1. The molecule has 3 aromatic rings. The number of methoxy groups -OCH3 is 1. The predicted octanol–water partition coefficient (Wildman–Crippen LogP) is 4.40. The van der Waals surface area contributed by atoms with Gasteiger partial charge >= 0.3 is 0 Å². The lowest BCUT2D eigenvalue weighted by atomic mass is 10.0. The first kappa shape index (κ1) is 23.3. The summed E-state index contributed by atoms with van der Waals surface area (Å²) in [6.07, 6.45) is 0.799. The number of benzene rings is 1. The largest absolute Gasteiger partial charge is 0.480 e. The van der Waals surface area contributed by atoms with E-state index in [0.29, 0.717) is 47.2 Å². The van der Waals surface area contributed by atoms with Crippen LogP contribution in [-0.4, -0.2) is 65.0 Å². The summed E-state index contributed by atoms with van der Waals surface area (Å²) in [5.41, 5.74) is 9.87. The highest BCUT2D eigenvalue weighted by atomic mass is 19.3. The number of hydrogen-bond donors (Lipinski definition) is 4. The Balaban J connectivity index is 1.62. The summed E-state index contributed by atoms with van der Waals surface area (Å²) in [4.78, 5) is 25.6. The van der Waals surface area contributed by atoms with Crippen LogP contribution in [0.2, 0.25) is 0 Å². The lowest BCUT2D eigenvalue weighted by molar-refractivity contribution is -0.129. The molecule has 1 aliphatic heterocycles. The van der Waals surface area contributed by atoms with Gasteiger partial charge in [-0.05, 0) is 30.5 Å². The minimum atomic E-state index is -2.54. The van der Waals surface area contributed by atoms with Crippen LogP contribution in [0.3, 0.4) is 0 Å². The number of H-pyrrole nitrogens is 1. The second-order valence-corrected chi connectivity index (χ2v) is 8.02. The topological polar surface area (TPSA) is 131 Å². The highest BCUT2D eigenvalue weighted by molar-refractivity contribution is 5.98. The zero-order chi connectivity index (χ0) is 24.2. The first-order chi connectivity index (χ1) is 16.4. The van der Waals surface area contributed by atoms with Gasteiger partial charge in [-0.25, -0.2) is 14.3 Å². The predicted molar refractivity (Wildman–Crippen MR) is 124 cm³/mol. The third-order valence-electron chi connectivity index (χ3n) is 5.84. The lowest BCUT2D eigenvalue weighted by Gasteiger charge is -2.31. The molecule has 1 aromatic carbocycles. The standard InChI is InChI=1S/C22H26F2N8O2/c1-12(33)32-7-5-14(6-8-32)28-22-29-20-19(21(30-22)34-2)15(10-27-20)13-3-4-16(31-25)17(9-13)26-11-18(23)24/h3-4,9-10,14,18,25-26H,5-8,11H2,1-2H3,(H2,27,28,29,30). The molecular formula is C22H26F2N8O2. The molecule has 0 saturated carbocycles. The molecule has 180 valence electrons. The minimum Gasteiger partial charge on any atom is -0.480 e. The maximum absolute atomic E-state index is 12.7. The summed E-state index contributed by atoms with van der Waals surface area (Å²) in [6, 6.07) is 5.13. The maximum atomic E-state index is 12.7. The number of nitrogens with zero attached hydrogens (tertiary/aromatic N) is 4. The fraction of sp³-hybridized carbons (Fsp3) is 0.409. The zero-order valence-electron chi connectivity index (χ0n) is 18.9. The molecule has 12 heteroatoms. The van der Waals surface area contributed by atoms with E-state index in [0.717, 1.165) is 18.4 Å². The number of amides is 1. The number of carbonyl (C=O) groups is 1. The van der Waals surface area contributed by atoms with Crippen LogP contribution in [0, 0.1) is 5.53 Å². The van der Waals surface area contributed by atoms with Gasteiger partial charge in [-0.15, -0.1) is 0 Å². The highest BCUT2D eigenvalue weighted by Crippen LogP contribution is 2.37. The van der Waals surface area contributed by atoms with Gasteiger partial charge in [0.1, 0.15) is 11.3 Å². The van der Waals surface area contributed by atoms with Crippen molar-refractivity contribution >= 4 is 34.3 Å². The summed E-state index contributed by atoms with van der Waals surface area (Å²) in [5, 5.41) is 10.0. The van der Waals surface area contributed by atoms with Crippen molar-refractivity contribution < 1.29 is 18.3 Å². The van der Waals surface area contributed by atoms with E-state index >= 15 is 0 Å². The van der Waals surface area contributed by atoms with E-state index < -0.39 is 13.0 Å². The number of anilines is 2. The molecule has 34 heavy (non-hydrogen) atoms. The number of hydrogen-bond acceptors (Lipinski definition) is 8. The van der Waals surface area contributed by atoms with Crippen LogP contribution in [0.4, 0.5) is 26.1 Å². The van der Waals surface area contributed by atoms with Crippen molar-refractivity contribution in [2.45, 2.75) is 32.2 Å². The molecule has 0 aliphatic carbocycles. The Morgan fingerprint density at radius 3 is 2.76 bits per heavy atom. The Hall–Kier alpha value is -3.83. The van der Waals surface area contributed by atoms with E-state index in [1.807, 2.05) is 4.90 Å². The normalized spacial score (nSPS) is 14.4. The molecule has 4 rings (SSSR count). The molecule has 0 unspecified atom stereocenters. The molecule has 3 heterocycles. The number of nitrogens with one attached hydrogen (secondary N) is 4. The van der Waals surface area contributed by atoms with Crippen LogP contribution in [0.25, 0.3) is 22.2 Å². The van der Waals surface area contributed by atoms with E-state index in [1.165, 1.54) is 7.11 Å². The van der Waals surface area contributed by atoms with Gasteiger partial charge in [0, 0.05) is 37.8 Å². The number of aromatic amines is 1. The van der Waals surface area contributed by atoms with Crippen LogP contribution in [0.15, 0.2) is 29.5 Å². The van der Waals surface area contributed by atoms with Crippen molar-refractivity contribution in [1.29, 1.82) is 5.53 Å². The molecule has 4 N–H and O–H groups in total. The highest BCUT2D eigenvalue weighted by Gasteiger charge is 2.23. The third kappa shape index (κ3) is 4.90. The second kappa shape index (κ2) is 9.98. The molecule has 1 amide bonds. The van der Waals surface area contributed by atoms with Crippen molar-refractivity contribution in [2.24, 2.45) is 5.11 Å². The van der Waals surface area contributed by atoms with Crippen molar-refractivity contribution in [2.75, 3.05) is 37.4 Å². The quantitative estimate of drug-likeness (QED) is 0.360. The molecular weight excluding hydrogens is 446 g/mol.